The molecule has 106 valence electrons. The molecule has 0 heterocycles. The van der Waals surface area contributed by atoms with Gasteiger partial charge in [0.2, 0.25) is 0 Å². The Kier molecular flexibility index (Phi) is 5.33. The molecule has 0 aliphatic carbocycles. The van der Waals surface area contributed by atoms with Gasteiger partial charge < -0.3 is 5.11 Å². The lowest BCUT2D eigenvalue weighted by atomic mass is 9.96. The Morgan fingerprint density at radius 1 is 0.900 bits per heavy atom. The maximum atomic E-state index is 10.6. The molecule has 0 saturated heterocycles. The minimum absolute atomic E-state index is 0.553. The van der Waals surface area contributed by atoms with Gasteiger partial charge in [-0.25, -0.2) is 0 Å². The standard InChI is InChI=1S/C18H23NO/c1-3-19(4-2)14-16-12-8-9-13-17(16)18(20)15-10-6-5-7-11-15/h5-13,18,20H,3-4,14H2,1-2H3/t18-/m0/s1. The SMILES string of the molecule is CCN(CC)Cc1ccccc1[C@@H](O)c1ccccc1. The molecule has 0 bridgehead atoms. The van der Waals surface area contributed by atoms with Gasteiger partial charge in [-0.3, -0.25) is 4.90 Å². The summed E-state index contributed by atoms with van der Waals surface area (Å²) in [7, 11) is 0. The van der Waals surface area contributed by atoms with Crippen molar-refractivity contribution in [3.8, 4) is 0 Å². The van der Waals surface area contributed by atoms with E-state index in [-0.39, 0.29) is 0 Å². The molecule has 2 nitrogen and oxygen atoms in total. The van der Waals surface area contributed by atoms with Gasteiger partial charge in [-0.1, -0.05) is 68.4 Å². The molecular formula is C18H23NO. The highest BCUT2D eigenvalue weighted by Crippen LogP contribution is 2.25. The molecule has 0 fully saturated rings. The van der Waals surface area contributed by atoms with Crippen molar-refractivity contribution >= 4 is 0 Å². The molecule has 0 amide bonds. The minimum atomic E-state index is -0.553. The maximum absolute atomic E-state index is 10.6. The van der Waals surface area contributed by atoms with Gasteiger partial charge in [-0.05, 0) is 29.8 Å². The molecule has 0 aliphatic rings. The van der Waals surface area contributed by atoms with Crippen molar-refractivity contribution < 1.29 is 5.11 Å². The average molecular weight is 269 g/mol. The molecule has 0 unspecified atom stereocenters. The first-order chi connectivity index (χ1) is 9.76. The molecule has 1 atom stereocenters. The van der Waals surface area contributed by atoms with Crippen molar-refractivity contribution in [2.45, 2.75) is 26.5 Å². The molecule has 0 radical (unpaired) electrons. The predicted octanol–water partition coefficient (Wildman–Crippen LogP) is 3.61. The minimum Gasteiger partial charge on any atom is -0.384 e. The first kappa shape index (κ1) is 14.8. The van der Waals surface area contributed by atoms with Crippen molar-refractivity contribution in [1.29, 1.82) is 0 Å². The van der Waals surface area contributed by atoms with E-state index in [1.807, 2.05) is 48.5 Å². The summed E-state index contributed by atoms with van der Waals surface area (Å²) in [6.07, 6.45) is -0.553. The predicted molar refractivity (Wildman–Crippen MR) is 83.6 cm³/mol. The smallest absolute Gasteiger partial charge is 0.104 e. The van der Waals surface area contributed by atoms with E-state index in [0.29, 0.717) is 0 Å². The second-order valence-corrected chi connectivity index (χ2v) is 4.97. The topological polar surface area (TPSA) is 23.5 Å². The molecule has 20 heavy (non-hydrogen) atoms. The lowest BCUT2D eigenvalue weighted by Crippen LogP contribution is -2.23. The third kappa shape index (κ3) is 3.47. The number of aliphatic hydroxyl groups is 1. The summed E-state index contributed by atoms with van der Waals surface area (Å²) in [6.45, 7) is 7.26. The van der Waals surface area contributed by atoms with Gasteiger partial charge >= 0.3 is 0 Å². The van der Waals surface area contributed by atoms with Crippen LogP contribution in [0.1, 0.15) is 36.6 Å². The lowest BCUT2D eigenvalue weighted by molar-refractivity contribution is 0.215. The average Bonchev–Trinajstić information content (AvgIpc) is 2.53. The summed E-state index contributed by atoms with van der Waals surface area (Å²) < 4.78 is 0. The summed E-state index contributed by atoms with van der Waals surface area (Å²) in [6, 6.07) is 18.0. The van der Waals surface area contributed by atoms with E-state index in [1.54, 1.807) is 0 Å². The first-order valence-electron chi connectivity index (χ1n) is 7.29. The number of benzene rings is 2. The van der Waals surface area contributed by atoms with Crippen molar-refractivity contribution in [1.82, 2.24) is 4.90 Å². The summed E-state index contributed by atoms with van der Waals surface area (Å²) in [5.41, 5.74) is 3.15. The monoisotopic (exact) mass is 269 g/mol. The van der Waals surface area contributed by atoms with Gasteiger partial charge in [0, 0.05) is 6.54 Å². The second-order valence-electron chi connectivity index (χ2n) is 4.97. The fourth-order valence-corrected chi connectivity index (χ4v) is 2.45. The second kappa shape index (κ2) is 7.22. The summed E-state index contributed by atoms with van der Waals surface area (Å²) in [5.74, 6) is 0. The third-order valence-corrected chi connectivity index (χ3v) is 3.75. The van der Waals surface area contributed by atoms with Crippen LogP contribution in [0.2, 0.25) is 0 Å². The normalized spacial score (nSPS) is 12.6. The van der Waals surface area contributed by atoms with Crippen molar-refractivity contribution in [2.75, 3.05) is 13.1 Å². The fraction of sp³-hybridized carbons (Fsp3) is 0.333. The van der Waals surface area contributed by atoms with Crippen LogP contribution >= 0.6 is 0 Å². The highest BCUT2D eigenvalue weighted by atomic mass is 16.3. The number of hydrogen-bond donors (Lipinski definition) is 1. The Morgan fingerprint density at radius 2 is 1.50 bits per heavy atom. The van der Waals surface area contributed by atoms with Crippen LogP contribution < -0.4 is 0 Å². The molecule has 0 spiro atoms. The van der Waals surface area contributed by atoms with E-state index in [4.69, 9.17) is 0 Å². The zero-order chi connectivity index (χ0) is 14.4. The van der Waals surface area contributed by atoms with Crippen LogP contribution in [0, 0.1) is 0 Å². The summed E-state index contributed by atoms with van der Waals surface area (Å²) >= 11 is 0. The van der Waals surface area contributed by atoms with E-state index >= 15 is 0 Å². The molecule has 2 rings (SSSR count). The first-order valence-corrected chi connectivity index (χ1v) is 7.29. The molecular weight excluding hydrogens is 246 g/mol. The van der Waals surface area contributed by atoms with E-state index in [1.165, 1.54) is 5.56 Å². The van der Waals surface area contributed by atoms with Gasteiger partial charge in [0.05, 0.1) is 0 Å². The Labute approximate surface area is 121 Å². The number of rotatable bonds is 6. The zero-order valence-corrected chi connectivity index (χ0v) is 12.3. The van der Waals surface area contributed by atoms with Gasteiger partial charge in [0.15, 0.2) is 0 Å². The quantitative estimate of drug-likeness (QED) is 0.866. The van der Waals surface area contributed by atoms with Gasteiger partial charge in [-0.2, -0.15) is 0 Å². The van der Waals surface area contributed by atoms with E-state index in [2.05, 4.69) is 24.8 Å². The summed E-state index contributed by atoms with van der Waals surface area (Å²) in [5, 5.41) is 10.6. The molecule has 0 saturated carbocycles. The molecule has 2 aromatic rings. The van der Waals surface area contributed by atoms with Gasteiger partial charge in [0.1, 0.15) is 6.10 Å². The molecule has 0 aliphatic heterocycles. The van der Waals surface area contributed by atoms with Crippen molar-refractivity contribution in [3.05, 3.63) is 71.3 Å². The van der Waals surface area contributed by atoms with Crippen molar-refractivity contribution in [2.24, 2.45) is 0 Å². The van der Waals surface area contributed by atoms with Crippen molar-refractivity contribution in [3.63, 3.8) is 0 Å². The largest absolute Gasteiger partial charge is 0.384 e. The molecule has 0 aromatic heterocycles. The number of aliphatic hydroxyl groups excluding tert-OH is 1. The number of hydrogen-bond acceptors (Lipinski definition) is 2. The van der Waals surface area contributed by atoms with Crippen LogP contribution in [-0.4, -0.2) is 23.1 Å². The number of nitrogens with zero attached hydrogens (tertiary/aromatic N) is 1. The molecule has 2 heteroatoms. The Bertz CT molecular complexity index is 520. The van der Waals surface area contributed by atoms with Gasteiger partial charge in [0.25, 0.3) is 0 Å². The highest BCUT2D eigenvalue weighted by Gasteiger charge is 2.14. The van der Waals surface area contributed by atoms with E-state index < -0.39 is 6.10 Å². The van der Waals surface area contributed by atoms with Crippen LogP contribution in [0.25, 0.3) is 0 Å². The van der Waals surface area contributed by atoms with E-state index in [9.17, 15) is 5.11 Å². The molecule has 2 aromatic carbocycles. The van der Waals surface area contributed by atoms with Crippen LogP contribution in [0.5, 0.6) is 0 Å². The van der Waals surface area contributed by atoms with Crippen LogP contribution in [0.15, 0.2) is 54.6 Å². The maximum Gasteiger partial charge on any atom is 0.104 e. The van der Waals surface area contributed by atoms with Crippen LogP contribution in [-0.2, 0) is 6.54 Å². The summed E-state index contributed by atoms with van der Waals surface area (Å²) in [4.78, 5) is 2.36. The van der Waals surface area contributed by atoms with Gasteiger partial charge in [-0.15, -0.1) is 0 Å². The Balaban J connectivity index is 2.28. The highest BCUT2D eigenvalue weighted by molar-refractivity contribution is 5.35. The Morgan fingerprint density at radius 3 is 2.15 bits per heavy atom. The van der Waals surface area contributed by atoms with E-state index in [0.717, 1.165) is 30.8 Å². The Hall–Kier alpha value is -1.64. The molecule has 1 N–H and O–H groups in total. The zero-order valence-electron chi connectivity index (χ0n) is 12.3. The third-order valence-electron chi connectivity index (χ3n) is 3.75. The van der Waals surface area contributed by atoms with Crippen LogP contribution in [0.3, 0.4) is 0 Å². The van der Waals surface area contributed by atoms with Crippen LogP contribution in [0.4, 0.5) is 0 Å². The lowest BCUT2D eigenvalue weighted by Gasteiger charge is -2.22. The fourth-order valence-electron chi connectivity index (χ4n) is 2.45.